The molecule has 3 N–H and O–H groups in total. The van der Waals surface area contributed by atoms with Crippen LogP contribution in [0.2, 0.25) is 0 Å². The van der Waals surface area contributed by atoms with Gasteiger partial charge in [0.25, 0.3) is 0 Å². The first-order valence-electron chi connectivity index (χ1n) is 29.4. The Bertz CT molecular complexity index is 1200. The van der Waals surface area contributed by atoms with Crippen molar-refractivity contribution in [1.82, 2.24) is 5.32 Å². The molecule has 0 aliphatic heterocycles. The van der Waals surface area contributed by atoms with Crippen LogP contribution in [0.4, 0.5) is 0 Å². The van der Waals surface area contributed by atoms with Crippen LogP contribution in [-0.2, 0) is 18.4 Å². The Balaban J connectivity index is 4.04. The zero-order chi connectivity index (χ0) is 49.9. The van der Waals surface area contributed by atoms with Crippen molar-refractivity contribution in [3.05, 3.63) is 36.5 Å². The number of aliphatic hydroxyl groups excluding tert-OH is 1. The third-order valence-electron chi connectivity index (χ3n) is 13.3. The number of nitrogens with one attached hydrogen (secondary N) is 1. The van der Waals surface area contributed by atoms with Crippen LogP contribution in [0.3, 0.4) is 0 Å². The van der Waals surface area contributed by atoms with E-state index in [1.165, 1.54) is 225 Å². The number of rotatable bonds is 54. The lowest BCUT2D eigenvalue weighted by molar-refractivity contribution is -0.870. The summed E-state index contributed by atoms with van der Waals surface area (Å²) in [6.45, 7) is 4.81. The van der Waals surface area contributed by atoms with E-state index in [2.05, 4.69) is 43.5 Å². The van der Waals surface area contributed by atoms with Gasteiger partial charge in [0.15, 0.2) is 0 Å². The Labute approximate surface area is 423 Å². The van der Waals surface area contributed by atoms with E-state index in [4.69, 9.17) is 9.05 Å². The van der Waals surface area contributed by atoms with Gasteiger partial charge in [-0.1, -0.05) is 256 Å². The quantitative estimate of drug-likeness (QED) is 0.0243. The van der Waals surface area contributed by atoms with Crippen molar-refractivity contribution in [2.75, 3.05) is 40.9 Å². The van der Waals surface area contributed by atoms with Crippen LogP contribution in [0.25, 0.3) is 0 Å². The molecule has 8 nitrogen and oxygen atoms in total. The van der Waals surface area contributed by atoms with Crippen LogP contribution in [0.1, 0.15) is 284 Å². The zero-order valence-electron chi connectivity index (χ0n) is 45.9. The van der Waals surface area contributed by atoms with Crippen LogP contribution in [0, 0.1) is 0 Å². The van der Waals surface area contributed by atoms with Crippen molar-refractivity contribution in [2.45, 2.75) is 296 Å². The number of aliphatic hydroxyl groups is 1. The number of likely N-dealkylation sites (N-methyl/N-ethyl adjacent to an activating group) is 1. The van der Waals surface area contributed by atoms with E-state index in [1.807, 2.05) is 27.2 Å². The Hall–Kier alpha value is -1.28. The number of unbranched alkanes of at least 4 members (excludes halogenated alkanes) is 37. The summed E-state index contributed by atoms with van der Waals surface area (Å²) in [5, 5.41) is 13.9. The van der Waals surface area contributed by atoms with E-state index in [0.717, 1.165) is 38.5 Å². The summed E-state index contributed by atoms with van der Waals surface area (Å²) in [7, 11) is 1.56. The number of amides is 1. The van der Waals surface area contributed by atoms with Gasteiger partial charge in [-0.25, -0.2) is 4.57 Å². The number of carbonyl (C=O) groups excluding carboxylic acids is 1. The van der Waals surface area contributed by atoms with Gasteiger partial charge in [0, 0.05) is 6.42 Å². The van der Waals surface area contributed by atoms with Crippen LogP contribution in [-0.4, -0.2) is 73.4 Å². The second kappa shape index (κ2) is 50.7. The number of phosphoric ester groups is 1. The summed E-state index contributed by atoms with van der Waals surface area (Å²) < 4.78 is 23.6. The van der Waals surface area contributed by atoms with Crippen LogP contribution >= 0.6 is 7.82 Å². The molecule has 0 aromatic heterocycles. The van der Waals surface area contributed by atoms with E-state index in [1.54, 1.807) is 6.08 Å². The third kappa shape index (κ3) is 52.5. The molecule has 0 aromatic carbocycles. The average molecular weight is 981 g/mol. The molecule has 68 heavy (non-hydrogen) atoms. The normalized spacial score (nSPS) is 14.2. The van der Waals surface area contributed by atoms with Crippen molar-refractivity contribution >= 4 is 13.7 Å². The van der Waals surface area contributed by atoms with Crippen LogP contribution in [0.15, 0.2) is 36.5 Å². The predicted octanol–water partition coefficient (Wildman–Crippen LogP) is 17.8. The average Bonchev–Trinajstić information content (AvgIpc) is 3.30. The van der Waals surface area contributed by atoms with Gasteiger partial charge in [-0.15, -0.1) is 0 Å². The lowest BCUT2D eigenvalue weighted by atomic mass is 10.0. The first kappa shape index (κ1) is 66.7. The smallest absolute Gasteiger partial charge is 0.387 e. The molecule has 0 spiro atoms. The number of phosphoric acid groups is 1. The number of carbonyl (C=O) groups is 1. The summed E-state index contributed by atoms with van der Waals surface area (Å²) >= 11 is 0. The highest BCUT2D eigenvalue weighted by Gasteiger charge is 2.27. The van der Waals surface area contributed by atoms with Crippen molar-refractivity contribution in [3.8, 4) is 0 Å². The highest BCUT2D eigenvalue weighted by molar-refractivity contribution is 7.47. The fourth-order valence-electron chi connectivity index (χ4n) is 8.70. The molecule has 3 unspecified atom stereocenters. The molecule has 0 aliphatic carbocycles. The lowest BCUT2D eigenvalue weighted by Gasteiger charge is -2.25. The fraction of sp³-hybridized carbons (Fsp3) is 0.881. The molecule has 0 aromatic rings. The second-order valence-corrected chi connectivity index (χ2v) is 22.8. The molecule has 1 amide bonds. The Morgan fingerprint density at radius 2 is 0.809 bits per heavy atom. The number of quaternary nitrogens is 1. The van der Waals surface area contributed by atoms with Gasteiger partial charge in [0.2, 0.25) is 5.91 Å². The monoisotopic (exact) mass is 980 g/mol. The Morgan fingerprint density at radius 1 is 0.485 bits per heavy atom. The van der Waals surface area contributed by atoms with Gasteiger partial charge in [-0.3, -0.25) is 13.8 Å². The number of nitrogens with zero attached hydrogens (tertiary/aromatic N) is 1. The fourth-order valence-corrected chi connectivity index (χ4v) is 9.44. The lowest BCUT2D eigenvalue weighted by Crippen LogP contribution is -2.45. The molecule has 0 heterocycles. The van der Waals surface area contributed by atoms with E-state index in [9.17, 15) is 19.4 Å². The minimum atomic E-state index is -4.35. The summed E-state index contributed by atoms with van der Waals surface area (Å²) in [6, 6.07) is -0.861. The number of allylic oxidation sites excluding steroid dienone is 5. The van der Waals surface area contributed by atoms with Crippen molar-refractivity contribution in [1.29, 1.82) is 0 Å². The minimum absolute atomic E-state index is 0.0572. The predicted molar refractivity (Wildman–Crippen MR) is 295 cm³/mol. The highest BCUT2D eigenvalue weighted by atomic mass is 31.2. The Kier molecular flexibility index (Phi) is 49.7. The maximum absolute atomic E-state index is 13.0. The van der Waals surface area contributed by atoms with Crippen molar-refractivity contribution < 1.29 is 32.9 Å². The highest BCUT2D eigenvalue weighted by Crippen LogP contribution is 2.43. The summed E-state index contributed by atoms with van der Waals surface area (Å²) in [4.78, 5) is 23.2. The second-order valence-electron chi connectivity index (χ2n) is 21.4. The van der Waals surface area contributed by atoms with Crippen LogP contribution < -0.4 is 5.32 Å². The van der Waals surface area contributed by atoms with Gasteiger partial charge >= 0.3 is 7.82 Å². The van der Waals surface area contributed by atoms with Crippen LogP contribution in [0.5, 0.6) is 0 Å². The third-order valence-corrected chi connectivity index (χ3v) is 14.3. The molecule has 0 bridgehead atoms. The molecule has 3 atom stereocenters. The largest absolute Gasteiger partial charge is 0.472 e. The first-order chi connectivity index (χ1) is 33.0. The zero-order valence-corrected chi connectivity index (χ0v) is 46.8. The first-order valence-corrected chi connectivity index (χ1v) is 30.9. The minimum Gasteiger partial charge on any atom is -0.387 e. The van der Waals surface area contributed by atoms with Gasteiger partial charge in [0.1, 0.15) is 13.2 Å². The molecule has 0 saturated heterocycles. The van der Waals surface area contributed by atoms with Crippen molar-refractivity contribution in [2.24, 2.45) is 0 Å². The van der Waals surface area contributed by atoms with Gasteiger partial charge in [0.05, 0.1) is 39.9 Å². The molecule has 402 valence electrons. The summed E-state index contributed by atoms with van der Waals surface area (Å²) in [5.74, 6) is -0.184. The maximum atomic E-state index is 13.0. The molecule has 9 heteroatoms. The summed E-state index contributed by atoms with van der Waals surface area (Å²) in [6.07, 6.45) is 65.5. The molecule has 0 rings (SSSR count). The maximum Gasteiger partial charge on any atom is 0.472 e. The van der Waals surface area contributed by atoms with E-state index in [0.29, 0.717) is 17.4 Å². The van der Waals surface area contributed by atoms with Gasteiger partial charge < -0.3 is 19.8 Å². The standard InChI is InChI=1S/C59H115N2O6P/c1-6-8-10-12-14-16-18-20-22-23-24-25-26-27-28-29-30-31-32-33-34-35-36-37-38-39-41-43-45-47-49-51-53-59(63)60-57(56-67-68(64,65)66-55-54-61(3,4)5)58(62)52-50-48-46-44-42-40-21-19-17-15-13-11-9-7-2/h27-28,42,44,50,52,57-58,62H,6-26,29-41,43,45-49,51,53-56H2,1-5H3,(H-,60,63,64,65)/p+1/b28-27-,44-42+,52-50+. The Morgan fingerprint density at radius 3 is 1.18 bits per heavy atom. The molecular formula is C59H116N2O6P+. The van der Waals surface area contributed by atoms with Gasteiger partial charge in [-0.2, -0.15) is 0 Å². The number of hydrogen-bond donors (Lipinski definition) is 3. The SMILES string of the molecule is CCCCCCCCCC/C=C/CC/C=C/C(O)C(COP(=O)(O)OCC[N+](C)(C)C)NC(=O)CCCCCCCCCCCCCCCCCC/C=C\CCCCCCCCCCCCCC. The van der Waals surface area contributed by atoms with E-state index >= 15 is 0 Å². The van der Waals surface area contributed by atoms with Crippen molar-refractivity contribution in [3.63, 3.8) is 0 Å². The molecule has 0 radical (unpaired) electrons. The van der Waals surface area contributed by atoms with E-state index < -0.39 is 20.0 Å². The van der Waals surface area contributed by atoms with E-state index in [-0.39, 0.29) is 19.1 Å². The molecule has 0 aliphatic rings. The van der Waals surface area contributed by atoms with Gasteiger partial charge in [-0.05, 0) is 57.8 Å². The topological polar surface area (TPSA) is 105 Å². The molecule has 0 fully saturated rings. The number of hydrogen-bond acceptors (Lipinski definition) is 5. The summed E-state index contributed by atoms with van der Waals surface area (Å²) in [5.41, 5.74) is 0. The molecule has 0 saturated carbocycles. The molecular weight excluding hydrogens is 864 g/mol.